The molecule has 5 heteroatoms. The van der Waals surface area contributed by atoms with Crippen molar-refractivity contribution in [3.63, 3.8) is 0 Å². The second kappa shape index (κ2) is 8.76. The first-order valence-electron chi connectivity index (χ1n) is 8.16. The average molecular weight is 431 g/mol. The van der Waals surface area contributed by atoms with Gasteiger partial charge in [-0.25, -0.2) is 0 Å². The van der Waals surface area contributed by atoms with E-state index in [0.29, 0.717) is 24.5 Å². The normalized spacial score (nSPS) is 15.3. The van der Waals surface area contributed by atoms with Crippen molar-refractivity contribution in [3.05, 3.63) is 29.8 Å². The zero-order chi connectivity index (χ0) is 16.2. The summed E-state index contributed by atoms with van der Waals surface area (Å²) in [5.41, 5.74) is 7.10. The van der Waals surface area contributed by atoms with Crippen molar-refractivity contribution in [3.8, 4) is 5.75 Å². The number of nitrogens with two attached hydrogens (primary N) is 1. The molecule has 0 amide bonds. The summed E-state index contributed by atoms with van der Waals surface area (Å²) >= 11 is 0. The molecule has 0 bridgehead atoms. The summed E-state index contributed by atoms with van der Waals surface area (Å²) in [6.07, 6.45) is 2.41. The predicted molar refractivity (Wildman–Crippen MR) is 108 cm³/mol. The molecular formula is C18H30IN3O. The van der Waals surface area contributed by atoms with Crippen molar-refractivity contribution < 1.29 is 4.74 Å². The standard InChI is InChI=1S/C18H29N3O.HI/c1-13(2)11-22-16-9-5-14(6-10-16)18(3,4)12-20-17(19)21-15-7-8-15;/h5-6,9-10,13,15H,7-8,11-12H2,1-4H3,(H3,19,20,21);1H. The number of ether oxygens (including phenoxy) is 1. The second-order valence-corrected chi connectivity index (χ2v) is 7.23. The van der Waals surface area contributed by atoms with Crippen LogP contribution in [0, 0.1) is 5.92 Å². The molecule has 1 aromatic carbocycles. The number of benzene rings is 1. The van der Waals surface area contributed by atoms with Crippen LogP contribution in [0.25, 0.3) is 0 Å². The monoisotopic (exact) mass is 431 g/mol. The summed E-state index contributed by atoms with van der Waals surface area (Å²) in [6.45, 7) is 10.1. The average Bonchev–Trinajstić information content (AvgIpc) is 3.27. The maximum absolute atomic E-state index is 5.91. The van der Waals surface area contributed by atoms with Crippen LogP contribution in [0.3, 0.4) is 0 Å². The molecule has 4 nitrogen and oxygen atoms in total. The fourth-order valence-corrected chi connectivity index (χ4v) is 2.12. The molecule has 3 N–H and O–H groups in total. The Balaban J connectivity index is 0.00000264. The molecule has 0 spiro atoms. The van der Waals surface area contributed by atoms with Gasteiger partial charge >= 0.3 is 0 Å². The maximum Gasteiger partial charge on any atom is 0.188 e. The Labute approximate surface area is 157 Å². The first-order valence-corrected chi connectivity index (χ1v) is 8.16. The van der Waals surface area contributed by atoms with Crippen LogP contribution in [0.4, 0.5) is 0 Å². The minimum Gasteiger partial charge on any atom is -0.493 e. The van der Waals surface area contributed by atoms with Crippen LogP contribution in [-0.2, 0) is 5.41 Å². The maximum atomic E-state index is 5.91. The number of rotatable bonds is 7. The first-order chi connectivity index (χ1) is 10.4. The van der Waals surface area contributed by atoms with E-state index in [1.807, 2.05) is 12.1 Å². The Morgan fingerprint density at radius 2 is 1.91 bits per heavy atom. The van der Waals surface area contributed by atoms with Crippen LogP contribution in [0.1, 0.15) is 46.1 Å². The number of halogens is 1. The van der Waals surface area contributed by atoms with Gasteiger partial charge < -0.3 is 15.8 Å². The number of nitrogens with zero attached hydrogens (tertiary/aromatic N) is 1. The molecule has 0 heterocycles. The smallest absolute Gasteiger partial charge is 0.188 e. The van der Waals surface area contributed by atoms with Crippen LogP contribution in [-0.4, -0.2) is 25.2 Å². The van der Waals surface area contributed by atoms with E-state index in [1.54, 1.807) is 0 Å². The third-order valence-corrected chi connectivity index (χ3v) is 3.79. The fourth-order valence-electron chi connectivity index (χ4n) is 2.12. The molecule has 130 valence electrons. The zero-order valence-electron chi connectivity index (χ0n) is 14.6. The van der Waals surface area contributed by atoms with Crippen molar-refractivity contribution >= 4 is 29.9 Å². The van der Waals surface area contributed by atoms with E-state index >= 15 is 0 Å². The summed E-state index contributed by atoms with van der Waals surface area (Å²) in [5, 5.41) is 3.22. The molecule has 0 radical (unpaired) electrons. The minimum atomic E-state index is -0.0492. The van der Waals surface area contributed by atoms with Crippen molar-refractivity contribution in [2.45, 2.75) is 52.0 Å². The van der Waals surface area contributed by atoms with E-state index in [0.717, 1.165) is 12.4 Å². The van der Waals surface area contributed by atoms with Gasteiger partial charge in [-0.15, -0.1) is 24.0 Å². The summed E-state index contributed by atoms with van der Waals surface area (Å²) in [6, 6.07) is 8.86. The molecule has 1 aliphatic rings. The Bertz CT molecular complexity index is 508. The topological polar surface area (TPSA) is 59.6 Å². The quantitative estimate of drug-likeness (QED) is 0.394. The van der Waals surface area contributed by atoms with Crippen molar-refractivity contribution in [2.24, 2.45) is 16.6 Å². The van der Waals surface area contributed by atoms with E-state index in [9.17, 15) is 0 Å². The van der Waals surface area contributed by atoms with Crippen LogP contribution in [0.2, 0.25) is 0 Å². The van der Waals surface area contributed by atoms with E-state index < -0.39 is 0 Å². The number of aliphatic imine (C=N–C) groups is 1. The minimum absolute atomic E-state index is 0. The van der Waals surface area contributed by atoms with Gasteiger partial charge in [0.2, 0.25) is 0 Å². The molecule has 0 unspecified atom stereocenters. The Kier molecular flexibility index (Phi) is 7.64. The summed E-state index contributed by atoms with van der Waals surface area (Å²) in [7, 11) is 0. The molecule has 1 saturated carbocycles. The van der Waals surface area contributed by atoms with E-state index in [4.69, 9.17) is 10.5 Å². The van der Waals surface area contributed by atoms with Crippen LogP contribution < -0.4 is 15.8 Å². The predicted octanol–water partition coefficient (Wildman–Crippen LogP) is 3.68. The number of nitrogens with one attached hydrogen (secondary N) is 1. The third kappa shape index (κ3) is 6.97. The van der Waals surface area contributed by atoms with E-state index in [2.05, 4.69) is 50.1 Å². The van der Waals surface area contributed by atoms with Gasteiger partial charge in [-0.3, -0.25) is 4.99 Å². The Hall–Kier alpha value is -0.980. The van der Waals surface area contributed by atoms with Gasteiger partial charge in [-0.2, -0.15) is 0 Å². The number of hydrogen-bond acceptors (Lipinski definition) is 2. The van der Waals surface area contributed by atoms with E-state index in [-0.39, 0.29) is 29.4 Å². The molecule has 23 heavy (non-hydrogen) atoms. The highest BCUT2D eigenvalue weighted by atomic mass is 127. The largest absolute Gasteiger partial charge is 0.493 e. The zero-order valence-corrected chi connectivity index (χ0v) is 17.0. The Morgan fingerprint density at radius 3 is 2.43 bits per heavy atom. The summed E-state index contributed by atoms with van der Waals surface area (Å²) in [4.78, 5) is 4.49. The molecular weight excluding hydrogens is 401 g/mol. The Morgan fingerprint density at radius 1 is 1.30 bits per heavy atom. The first kappa shape index (κ1) is 20.1. The fraction of sp³-hybridized carbons (Fsp3) is 0.611. The van der Waals surface area contributed by atoms with Gasteiger partial charge in [-0.05, 0) is 36.5 Å². The summed E-state index contributed by atoms with van der Waals surface area (Å²) < 4.78 is 5.73. The summed E-state index contributed by atoms with van der Waals surface area (Å²) in [5.74, 6) is 2.02. The van der Waals surface area contributed by atoms with Gasteiger partial charge in [0.05, 0.1) is 13.2 Å². The number of guanidine groups is 1. The van der Waals surface area contributed by atoms with Gasteiger partial charge in [0.15, 0.2) is 5.96 Å². The molecule has 0 atom stereocenters. The molecule has 0 aromatic heterocycles. The lowest BCUT2D eigenvalue weighted by atomic mass is 9.85. The van der Waals surface area contributed by atoms with Gasteiger partial charge in [0.1, 0.15) is 5.75 Å². The van der Waals surface area contributed by atoms with Crippen LogP contribution >= 0.6 is 24.0 Å². The van der Waals surface area contributed by atoms with Crippen molar-refractivity contribution in [2.75, 3.05) is 13.2 Å². The molecule has 1 aliphatic carbocycles. The van der Waals surface area contributed by atoms with Crippen molar-refractivity contribution in [1.82, 2.24) is 5.32 Å². The molecule has 0 saturated heterocycles. The molecule has 1 aromatic rings. The number of hydrogen-bond donors (Lipinski definition) is 2. The molecule has 0 aliphatic heterocycles. The van der Waals surface area contributed by atoms with Gasteiger partial charge in [0.25, 0.3) is 0 Å². The van der Waals surface area contributed by atoms with Gasteiger partial charge in [0, 0.05) is 11.5 Å². The van der Waals surface area contributed by atoms with Gasteiger partial charge in [-0.1, -0.05) is 39.8 Å². The highest BCUT2D eigenvalue weighted by Crippen LogP contribution is 2.26. The van der Waals surface area contributed by atoms with E-state index in [1.165, 1.54) is 18.4 Å². The highest BCUT2D eigenvalue weighted by molar-refractivity contribution is 14.0. The second-order valence-electron chi connectivity index (χ2n) is 7.23. The molecule has 2 rings (SSSR count). The van der Waals surface area contributed by atoms with Crippen LogP contribution in [0.15, 0.2) is 29.3 Å². The lowest BCUT2D eigenvalue weighted by molar-refractivity contribution is 0.271. The molecule has 1 fully saturated rings. The SMILES string of the molecule is CC(C)COc1ccc(C(C)(C)CN=C(N)NC2CC2)cc1.I. The van der Waals surface area contributed by atoms with Crippen LogP contribution in [0.5, 0.6) is 5.75 Å². The van der Waals surface area contributed by atoms with Crippen molar-refractivity contribution in [1.29, 1.82) is 0 Å². The third-order valence-electron chi connectivity index (χ3n) is 3.79. The highest BCUT2D eigenvalue weighted by Gasteiger charge is 2.23. The lowest BCUT2D eigenvalue weighted by Gasteiger charge is -2.23. The lowest BCUT2D eigenvalue weighted by Crippen LogP contribution is -2.35.